The lowest BCUT2D eigenvalue weighted by Crippen LogP contribution is -2.37. The molecule has 2 rings (SSSR count). The molecule has 13 heavy (non-hydrogen) atoms. The number of para-hydroxylation sites is 1. The third kappa shape index (κ3) is 1.28. The lowest BCUT2D eigenvalue weighted by atomic mass is 9.82. The van der Waals surface area contributed by atoms with Gasteiger partial charge in [0.05, 0.1) is 5.36 Å². The zero-order valence-corrected chi connectivity index (χ0v) is 8.46. The minimum atomic E-state index is 0.231. The van der Waals surface area contributed by atoms with Gasteiger partial charge in [-0.3, -0.25) is 4.99 Å². The molecule has 1 aliphatic rings. The van der Waals surface area contributed by atoms with Crippen LogP contribution >= 0.6 is 0 Å². The highest BCUT2D eigenvalue weighted by atomic mass is 14.7. The summed E-state index contributed by atoms with van der Waals surface area (Å²) in [5, 5.41) is 2.47. The second-order valence-corrected chi connectivity index (χ2v) is 4.34. The van der Waals surface area contributed by atoms with Crippen molar-refractivity contribution >= 4 is 5.57 Å². The molecule has 0 bridgehead atoms. The molecule has 0 saturated heterocycles. The molecule has 1 nitrogen and oxygen atoms in total. The topological polar surface area (TPSA) is 12.4 Å². The number of rotatable bonds is 0. The van der Waals surface area contributed by atoms with Crippen molar-refractivity contribution in [3.63, 3.8) is 0 Å². The van der Waals surface area contributed by atoms with E-state index in [9.17, 15) is 0 Å². The lowest BCUT2D eigenvalue weighted by Gasteiger charge is -2.26. The van der Waals surface area contributed by atoms with Gasteiger partial charge in [0, 0.05) is 12.0 Å². The van der Waals surface area contributed by atoms with Gasteiger partial charge in [-0.25, -0.2) is 0 Å². The highest BCUT2D eigenvalue weighted by Gasteiger charge is 2.22. The Morgan fingerprint density at radius 3 is 2.69 bits per heavy atom. The summed E-state index contributed by atoms with van der Waals surface area (Å²) in [7, 11) is 0. The monoisotopic (exact) mass is 173 g/mol. The minimum absolute atomic E-state index is 0.231. The maximum absolute atomic E-state index is 4.58. The predicted molar refractivity (Wildman–Crippen MR) is 55.0 cm³/mol. The first-order valence-electron chi connectivity index (χ1n) is 4.72. The maximum atomic E-state index is 4.58. The van der Waals surface area contributed by atoms with Gasteiger partial charge in [-0.2, -0.15) is 0 Å². The number of hydrogen-bond donors (Lipinski definition) is 0. The van der Waals surface area contributed by atoms with E-state index < -0.39 is 0 Å². The molecule has 68 valence electrons. The highest BCUT2D eigenvalue weighted by Crippen LogP contribution is 2.26. The molecule has 0 saturated carbocycles. The fourth-order valence-electron chi connectivity index (χ4n) is 1.69. The molecule has 0 N–H and O–H groups in total. The third-order valence-electron chi connectivity index (χ3n) is 2.97. The van der Waals surface area contributed by atoms with Crippen molar-refractivity contribution in [3.05, 3.63) is 34.8 Å². The Morgan fingerprint density at radius 2 is 1.92 bits per heavy atom. The molecule has 0 aliphatic carbocycles. The Kier molecular flexibility index (Phi) is 1.76. The van der Waals surface area contributed by atoms with Gasteiger partial charge in [-0.05, 0) is 18.2 Å². The zero-order valence-electron chi connectivity index (χ0n) is 8.46. The van der Waals surface area contributed by atoms with E-state index in [0.717, 1.165) is 11.9 Å². The van der Waals surface area contributed by atoms with Crippen LogP contribution in [0.15, 0.2) is 29.3 Å². The fraction of sp³-hybridized carbons (Fsp3) is 0.417. The van der Waals surface area contributed by atoms with Crippen LogP contribution in [-0.2, 0) is 0 Å². The highest BCUT2D eigenvalue weighted by molar-refractivity contribution is 5.49. The molecule has 0 amide bonds. The Hall–Kier alpha value is -1.11. The Balaban J connectivity index is 2.84. The largest absolute Gasteiger partial charge is 0.284 e. The molecule has 0 spiro atoms. The normalized spacial score (nSPS) is 19.2. The van der Waals surface area contributed by atoms with E-state index >= 15 is 0 Å². The number of benzene rings is 1. The van der Waals surface area contributed by atoms with Gasteiger partial charge >= 0.3 is 0 Å². The van der Waals surface area contributed by atoms with E-state index in [4.69, 9.17) is 0 Å². The van der Waals surface area contributed by atoms with Crippen LogP contribution < -0.4 is 10.6 Å². The van der Waals surface area contributed by atoms with Crippen LogP contribution in [0.2, 0.25) is 0 Å². The van der Waals surface area contributed by atoms with E-state index in [1.165, 1.54) is 10.8 Å². The molecule has 0 radical (unpaired) electrons. The first-order chi connectivity index (χ1) is 6.11. The number of hydrogen-bond acceptors (Lipinski definition) is 1. The predicted octanol–water partition coefficient (Wildman–Crippen LogP) is 1.52. The van der Waals surface area contributed by atoms with Crippen LogP contribution in [0.5, 0.6) is 0 Å². The molecular weight excluding hydrogens is 158 g/mol. The molecule has 1 heterocycles. The summed E-state index contributed by atoms with van der Waals surface area (Å²) in [6.07, 6.45) is 0. The third-order valence-corrected chi connectivity index (χ3v) is 2.97. The molecule has 1 heteroatoms. The van der Waals surface area contributed by atoms with Crippen molar-refractivity contribution in [3.8, 4) is 0 Å². The Bertz CT molecular complexity index is 440. The molecule has 0 unspecified atom stereocenters. The summed E-state index contributed by atoms with van der Waals surface area (Å²) in [6.45, 7) is 7.63. The van der Waals surface area contributed by atoms with Crippen molar-refractivity contribution < 1.29 is 0 Å². The summed E-state index contributed by atoms with van der Waals surface area (Å²) in [4.78, 5) is 4.58. The fourth-order valence-corrected chi connectivity index (χ4v) is 1.69. The van der Waals surface area contributed by atoms with Crippen molar-refractivity contribution in [2.24, 2.45) is 10.4 Å². The summed E-state index contributed by atoms with van der Waals surface area (Å²) < 4.78 is 0. The molecule has 1 aliphatic heterocycles. The molecule has 0 aromatic heterocycles. The smallest absolute Gasteiger partial charge is 0.0646 e. The lowest BCUT2D eigenvalue weighted by molar-refractivity contribution is 0.495. The average Bonchev–Trinajstić information content (AvgIpc) is 2.13. The van der Waals surface area contributed by atoms with E-state index in [1.807, 2.05) is 6.07 Å². The molecule has 1 aromatic rings. The van der Waals surface area contributed by atoms with Gasteiger partial charge in [0.2, 0.25) is 0 Å². The van der Waals surface area contributed by atoms with Crippen molar-refractivity contribution in [2.45, 2.75) is 20.8 Å². The second-order valence-electron chi connectivity index (χ2n) is 4.34. The van der Waals surface area contributed by atoms with Crippen LogP contribution in [0.25, 0.3) is 5.57 Å². The summed E-state index contributed by atoms with van der Waals surface area (Å²) >= 11 is 0. The van der Waals surface area contributed by atoms with Crippen molar-refractivity contribution in [2.75, 3.05) is 6.54 Å². The van der Waals surface area contributed by atoms with Gasteiger partial charge < -0.3 is 0 Å². The first-order valence-corrected chi connectivity index (χ1v) is 4.72. The SMILES string of the molecule is CC1=c2ccccc2=NCC1(C)C. The zero-order chi connectivity index (χ0) is 9.47. The Labute approximate surface area is 78.8 Å². The first kappa shape index (κ1) is 8.49. The number of nitrogens with zero attached hydrogens (tertiary/aromatic N) is 1. The summed E-state index contributed by atoms with van der Waals surface area (Å²) in [5.41, 5.74) is 1.69. The molecule has 0 fully saturated rings. The van der Waals surface area contributed by atoms with Crippen LogP contribution in [0.3, 0.4) is 0 Å². The molecule has 1 aromatic carbocycles. The van der Waals surface area contributed by atoms with E-state index in [0.29, 0.717) is 0 Å². The Morgan fingerprint density at radius 1 is 1.23 bits per heavy atom. The van der Waals surface area contributed by atoms with Crippen LogP contribution in [0.1, 0.15) is 20.8 Å². The van der Waals surface area contributed by atoms with Gasteiger partial charge in [-0.15, -0.1) is 0 Å². The van der Waals surface area contributed by atoms with E-state index in [1.54, 1.807) is 0 Å². The van der Waals surface area contributed by atoms with E-state index in [-0.39, 0.29) is 5.41 Å². The van der Waals surface area contributed by atoms with Crippen molar-refractivity contribution in [1.82, 2.24) is 0 Å². The maximum Gasteiger partial charge on any atom is 0.0646 e. The average molecular weight is 173 g/mol. The summed E-state index contributed by atoms with van der Waals surface area (Å²) in [6, 6.07) is 8.39. The quantitative estimate of drug-likeness (QED) is 0.564. The second kappa shape index (κ2) is 2.69. The van der Waals surface area contributed by atoms with Crippen LogP contribution in [-0.4, -0.2) is 6.54 Å². The van der Waals surface area contributed by atoms with Gasteiger partial charge in [0.15, 0.2) is 0 Å². The van der Waals surface area contributed by atoms with Crippen LogP contribution in [0, 0.1) is 5.41 Å². The van der Waals surface area contributed by atoms with Gasteiger partial charge in [-0.1, -0.05) is 37.6 Å². The number of fused-ring (bicyclic) bond motifs is 1. The van der Waals surface area contributed by atoms with Crippen molar-refractivity contribution in [1.29, 1.82) is 0 Å². The molecular formula is C12H15N. The van der Waals surface area contributed by atoms with E-state index in [2.05, 4.69) is 44.0 Å². The minimum Gasteiger partial charge on any atom is -0.284 e. The van der Waals surface area contributed by atoms with Gasteiger partial charge in [0.25, 0.3) is 0 Å². The summed E-state index contributed by atoms with van der Waals surface area (Å²) in [5.74, 6) is 0. The standard InChI is InChI=1S/C12H15N/c1-9-10-6-4-5-7-11(10)13-8-12(9,2)3/h4-7H,8H2,1-3H3. The molecule has 0 atom stereocenters. The van der Waals surface area contributed by atoms with Gasteiger partial charge in [0.1, 0.15) is 0 Å². The van der Waals surface area contributed by atoms with Crippen LogP contribution in [0.4, 0.5) is 0 Å².